The molecule has 342 valence electrons. The zero-order chi connectivity index (χ0) is 48.0. The van der Waals surface area contributed by atoms with Gasteiger partial charge in [0.1, 0.15) is 0 Å². The first-order valence-electron chi connectivity index (χ1n) is 25.1. The van der Waals surface area contributed by atoms with Crippen LogP contribution in [0, 0.1) is 0 Å². The predicted molar refractivity (Wildman–Crippen MR) is 307 cm³/mol. The highest BCUT2D eigenvalue weighted by molar-refractivity contribution is 7.20. The Labute approximate surface area is 422 Å². The molecule has 73 heavy (non-hydrogen) atoms. The van der Waals surface area contributed by atoms with Crippen molar-refractivity contribution in [2.24, 2.45) is 0 Å². The largest absolute Gasteiger partial charge is 0.309 e. The van der Waals surface area contributed by atoms with Crippen molar-refractivity contribution in [3.05, 3.63) is 273 Å². The quantitative estimate of drug-likeness (QED) is 0.110. The summed E-state index contributed by atoms with van der Waals surface area (Å²) in [5.41, 5.74) is 14.7. The molecule has 0 unspecified atom stereocenters. The molecule has 0 bridgehead atoms. The highest BCUT2D eigenvalue weighted by atomic mass is 28.3. The van der Waals surface area contributed by atoms with Gasteiger partial charge in [0.2, 0.25) is 5.78 Å². The SMILES string of the molecule is c1ccc([Si](c2ccccc2)(c2ccccc2)c2cccc3c2nc2n(-c4ccc5c(c4)c4ccccc4n5-c4ccccc4-c4ccccc4-n4c5ccccc5c5ccccc54)c4ccccc4n32)cc1. The van der Waals surface area contributed by atoms with Crippen LogP contribution in [0.15, 0.2) is 273 Å². The minimum atomic E-state index is -2.92. The number of fused-ring (bicyclic) bond motifs is 11. The van der Waals surface area contributed by atoms with Crippen molar-refractivity contribution in [1.29, 1.82) is 0 Å². The number of hydrogen-bond acceptors (Lipinski definition) is 1. The lowest BCUT2D eigenvalue weighted by Crippen LogP contribution is -2.74. The number of benzene rings is 11. The van der Waals surface area contributed by atoms with Crippen LogP contribution in [-0.4, -0.2) is 31.2 Å². The molecule has 0 saturated carbocycles. The van der Waals surface area contributed by atoms with Gasteiger partial charge >= 0.3 is 0 Å². The fourth-order valence-electron chi connectivity index (χ4n) is 12.3. The maximum Gasteiger partial charge on any atom is 0.220 e. The third kappa shape index (κ3) is 5.99. The lowest BCUT2D eigenvalue weighted by atomic mass is 10.0. The summed E-state index contributed by atoms with van der Waals surface area (Å²) in [4.78, 5) is 5.83. The molecule has 4 heterocycles. The van der Waals surface area contributed by atoms with E-state index in [4.69, 9.17) is 4.98 Å². The Balaban J connectivity index is 0.959. The number of nitrogens with zero attached hydrogens (tertiary/aromatic N) is 5. The van der Waals surface area contributed by atoms with Crippen LogP contribution < -0.4 is 20.7 Å². The van der Waals surface area contributed by atoms with Crippen molar-refractivity contribution in [2.45, 2.75) is 0 Å². The first-order chi connectivity index (χ1) is 36.3. The van der Waals surface area contributed by atoms with Crippen LogP contribution in [0.5, 0.6) is 0 Å². The molecule has 0 N–H and O–H groups in total. The van der Waals surface area contributed by atoms with E-state index in [-0.39, 0.29) is 0 Å². The number of rotatable bonds is 8. The Morgan fingerprint density at radius 2 is 0.699 bits per heavy atom. The van der Waals surface area contributed by atoms with Gasteiger partial charge in [-0.05, 0) is 87.5 Å². The second-order valence-electron chi connectivity index (χ2n) is 19.1. The van der Waals surface area contributed by atoms with E-state index in [0.29, 0.717) is 0 Å². The highest BCUT2D eigenvalue weighted by Gasteiger charge is 2.43. The molecule has 15 aromatic rings. The standard InChI is InChI=1S/C67H45N5Si/c1-4-23-47(24-5-1)73(48-25-6-2-7-26-48,49-27-8-3-9-28-49)65-42-22-41-64-66(65)68-67-69(62-39-20-21-40-63(62)72(64)67)46-43-44-61-55(45-46)54-33-14-19-38-60(54)71(61)59-37-18-13-32-53(59)52-31-12-17-36-58(52)70-56-34-15-10-29-50(56)51-30-11-16-35-57(51)70/h1-45H. The molecule has 0 aliphatic rings. The topological polar surface area (TPSA) is 32.1 Å². The molecule has 0 fully saturated rings. The molecule has 0 spiro atoms. The summed E-state index contributed by atoms with van der Waals surface area (Å²) < 4.78 is 9.66. The van der Waals surface area contributed by atoms with E-state index >= 15 is 0 Å². The van der Waals surface area contributed by atoms with Crippen LogP contribution in [0.2, 0.25) is 0 Å². The molecular formula is C67H45N5Si. The van der Waals surface area contributed by atoms with Crippen LogP contribution in [0.25, 0.3) is 99.6 Å². The van der Waals surface area contributed by atoms with Crippen molar-refractivity contribution >= 4 is 100 Å². The second kappa shape index (κ2) is 16.3. The van der Waals surface area contributed by atoms with E-state index in [0.717, 1.165) is 67.1 Å². The minimum absolute atomic E-state index is 0.885. The summed E-state index contributed by atoms with van der Waals surface area (Å²) >= 11 is 0. The third-order valence-corrected chi connectivity index (χ3v) is 20.1. The molecule has 0 radical (unpaired) electrons. The Hall–Kier alpha value is -9.49. The van der Waals surface area contributed by atoms with Gasteiger partial charge in [0, 0.05) is 38.4 Å². The van der Waals surface area contributed by atoms with Crippen LogP contribution in [0.1, 0.15) is 0 Å². The number of para-hydroxylation sites is 8. The van der Waals surface area contributed by atoms with Gasteiger partial charge in [-0.25, -0.2) is 4.98 Å². The Morgan fingerprint density at radius 1 is 0.288 bits per heavy atom. The molecule has 0 amide bonds. The zero-order valence-electron chi connectivity index (χ0n) is 39.7. The number of hydrogen-bond donors (Lipinski definition) is 0. The van der Waals surface area contributed by atoms with Gasteiger partial charge in [-0.3, -0.25) is 8.97 Å². The lowest BCUT2D eigenvalue weighted by Gasteiger charge is -2.34. The molecule has 0 aliphatic carbocycles. The highest BCUT2D eigenvalue weighted by Crippen LogP contribution is 2.41. The van der Waals surface area contributed by atoms with Gasteiger partial charge in [-0.1, -0.05) is 206 Å². The molecule has 0 atom stereocenters. The molecule has 11 aromatic carbocycles. The fraction of sp³-hybridized carbons (Fsp3) is 0. The molecule has 6 heteroatoms. The van der Waals surface area contributed by atoms with Gasteiger partial charge in [0.05, 0.1) is 55.5 Å². The summed E-state index contributed by atoms with van der Waals surface area (Å²) in [5, 5.41) is 10.1. The molecule has 5 nitrogen and oxygen atoms in total. The normalized spacial score (nSPS) is 12.1. The monoisotopic (exact) mass is 947 g/mol. The molecule has 15 rings (SSSR count). The Bertz CT molecular complexity index is 4470. The Kier molecular flexibility index (Phi) is 9.21. The van der Waals surface area contributed by atoms with Crippen molar-refractivity contribution in [1.82, 2.24) is 23.1 Å². The number of aromatic nitrogens is 5. The van der Waals surface area contributed by atoms with E-state index in [1.165, 1.54) is 53.3 Å². The minimum Gasteiger partial charge on any atom is -0.309 e. The summed E-state index contributed by atoms with van der Waals surface area (Å²) in [5.74, 6) is 0.885. The van der Waals surface area contributed by atoms with Gasteiger partial charge < -0.3 is 9.13 Å². The van der Waals surface area contributed by atoms with Crippen molar-refractivity contribution in [3.63, 3.8) is 0 Å². The summed E-state index contributed by atoms with van der Waals surface area (Å²) in [6.45, 7) is 0. The zero-order valence-corrected chi connectivity index (χ0v) is 40.7. The first kappa shape index (κ1) is 41.3. The molecule has 0 saturated heterocycles. The van der Waals surface area contributed by atoms with Crippen LogP contribution in [-0.2, 0) is 0 Å². The summed E-state index contributed by atoms with van der Waals surface area (Å²) in [6.07, 6.45) is 0. The van der Waals surface area contributed by atoms with E-state index in [9.17, 15) is 0 Å². The Morgan fingerprint density at radius 3 is 1.23 bits per heavy atom. The third-order valence-electron chi connectivity index (χ3n) is 15.3. The maximum atomic E-state index is 5.83. The van der Waals surface area contributed by atoms with Crippen molar-refractivity contribution < 1.29 is 0 Å². The van der Waals surface area contributed by atoms with E-state index in [1.807, 2.05) is 0 Å². The predicted octanol–water partition coefficient (Wildman–Crippen LogP) is 13.7. The maximum absolute atomic E-state index is 5.83. The molecular weight excluding hydrogens is 903 g/mol. The fourth-order valence-corrected chi connectivity index (χ4v) is 17.2. The second-order valence-corrected chi connectivity index (χ2v) is 22.8. The van der Waals surface area contributed by atoms with Crippen molar-refractivity contribution in [2.75, 3.05) is 0 Å². The first-order valence-corrected chi connectivity index (χ1v) is 27.1. The lowest BCUT2D eigenvalue weighted by molar-refractivity contribution is 1.11. The van der Waals surface area contributed by atoms with Gasteiger partial charge in [0.15, 0.2) is 8.07 Å². The molecule has 4 aromatic heterocycles. The smallest absolute Gasteiger partial charge is 0.220 e. The van der Waals surface area contributed by atoms with Gasteiger partial charge in [-0.15, -0.1) is 0 Å². The van der Waals surface area contributed by atoms with Crippen LogP contribution >= 0.6 is 0 Å². The average Bonchev–Trinajstić information content (AvgIpc) is 4.23. The van der Waals surface area contributed by atoms with Crippen molar-refractivity contribution in [3.8, 4) is 28.2 Å². The summed E-state index contributed by atoms with van der Waals surface area (Å²) in [6, 6.07) is 100. The van der Waals surface area contributed by atoms with E-state index in [1.54, 1.807) is 0 Å². The summed E-state index contributed by atoms with van der Waals surface area (Å²) in [7, 11) is -2.92. The van der Waals surface area contributed by atoms with Gasteiger partial charge in [0.25, 0.3) is 0 Å². The average molecular weight is 948 g/mol. The van der Waals surface area contributed by atoms with E-state index in [2.05, 4.69) is 291 Å². The van der Waals surface area contributed by atoms with Crippen LogP contribution in [0.3, 0.4) is 0 Å². The van der Waals surface area contributed by atoms with Crippen LogP contribution in [0.4, 0.5) is 0 Å². The van der Waals surface area contributed by atoms with Gasteiger partial charge in [-0.2, -0.15) is 0 Å². The van der Waals surface area contributed by atoms with E-state index < -0.39 is 8.07 Å². The number of imidazole rings is 2. The molecule has 0 aliphatic heterocycles.